The van der Waals surface area contributed by atoms with E-state index in [1.807, 2.05) is 36.4 Å². The minimum Gasteiger partial charge on any atom is -0.490 e. The van der Waals surface area contributed by atoms with Gasteiger partial charge in [-0.05, 0) is 42.5 Å². The Morgan fingerprint density at radius 1 is 0.750 bits per heavy atom. The fourth-order valence-corrected chi connectivity index (χ4v) is 4.50. The summed E-state index contributed by atoms with van der Waals surface area (Å²) in [4.78, 5) is 21.4. The van der Waals surface area contributed by atoms with Gasteiger partial charge in [-0.3, -0.25) is 0 Å². The quantitative estimate of drug-likeness (QED) is 0.118. The van der Waals surface area contributed by atoms with Crippen molar-refractivity contribution in [3.8, 4) is 34.3 Å². The van der Waals surface area contributed by atoms with Gasteiger partial charge in [0.05, 0.1) is 37.2 Å². The van der Waals surface area contributed by atoms with Crippen LogP contribution >= 0.6 is 0 Å². The van der Waals surface area contributed by atoms with Crippen LogP contribution in [0.4, 0.5) is 0 Å². The number of esters is 1. The van der Waals surface area contributed by atoms with Crippen LogP contribution in [0.3, 0.4) is 0 Å². The summed E-state index contributed by atoms with van der Waals surface area (Å²) in [6.45, 7) is 5.30. The van der Waals surface area contributed by atoms with Crippen LogP contribution in [-0.2, 0) is 4.74 Å². The predicted molar refractivity (Wildman–Crippen MR) is 160 cm³/mol. The molecule has 6 heteroatoms. The zero-order chi connectivity index (χ0) is 28.4. The molecule has 0 aliphatic heterocycles. The van der Waals surface area contributed by atoms with Crippen molar-refractivity contribution in [1.29, 1.82) is 5.26 Å². The molecular weight excluding hydrogens is 498 g/mol. The molecule has 0 spiro atoms. The summed E-state index contributed by atoms with van der Waals surface area (Å²) >= 11 is 0. The third-order valence-electron chi connectivity index (χ3n) is 7.03. The number of hydrogen-bond donors (Lipinski definition) is 0. The van der Waals surface area contributed by atoms with Crippen LogP contribution < -0.4 is 4.74 Å². The summed E-state index contributed by atoms with van der Waals surface area (Å²) in [7, 11) is 0. The van der Waals surface area contributed by atoms with E-state index >= 15 is 0 Å². The molecule has 212 valence electrons. The minimum atomic E-state index is -0.360. The summed E-state index contributed by atoms with van der Waals surface area (Å²) in [6.07, 6.45) is 15.8. The Labute approximate surface area is 239 Å². The first kappa shape index (κ1) is 30.8. The second kappa shape index (κ2) is 17.8. The monoisotopic (exact) mass is 541 g/mol. The van der Waals surface area contributed by atoms with Crippen molar-refractivity contribution in [2.45, 2.75) is 84.5 Å². The van der Waals surface area contributed by atoms with E-state index in [-0.39, 0.29) is 18.5 Å². The third-order valence-corrected chi connectivity index (χ3v) is 7.03. The summed E-state index contributed by atoms with van der Waals surface area (Å²) in [5.74, 6) is 0.933. The van der Waals surface area contributed by atoms with Crippen LogP contribution in [0, 0.1) is 17.2 Å². The topological polar surface area (TPSA) is 85.1 Å². The normalized spacial score (nSPS) is 11.5. The molecule has 1 atom stereocenters. The van der Waals surface area contributed by atoms with Crippen molar-refractivity contribution in [1.82, 2.24) is 9.97 Å². The molecule has 0 unspecified atom stereocenters. The molecule has 0 fully saturated rings. The molecule has 0 aliphatic carbocycles. The fraction of sp³-hybridized carbons (Fsp3) is 0.471. The SMILES string of the molecule is CCCCCCCCCOc1cnc(-c2ccc(-c3ccc(C(=O)OCC[C@H](C#N)CCCC)cc3)cc2)nc1. The lowest BCUT2D eigenvalue weighted by Crippen LogP contribution is -2.09. The molecule has 0 bridgehead atoms. The highest BCUT2D eigenvalue weighted by molar-refractivity contribution is 5.90. The molecule has 3 rings (SSSR count). The second-order valence-corrected chi connectivity index (χ2v) is 10.3. The molecular formula is C34H43N3O3. The number of ether oxygens (including phenoxy) is 2. The van der Waals surface area contributed by atoms with Crippen LogP contribution in [0.1, 0.15) is 94.8 Å². The van der Waals surface area contributed by atoms with Gasteiger partial charge in [0, 0.05) is 11.5 Å². The van der Waals surface area contributed by atoms with Gasteiger partial charge >= 0.3 is 5.97 Å². The van der Waals surface area contributed by atoms with Gasteiger partial charge in [0.1, 0.15) is 0 Å². The van der Waals surface area contributed by atoms with Gasteiger partial charge in [-0.15, -0.1) is 0 Å². The second-order valence-electron chi connectivity index (χ2n) is 10.3. The number of rotatable bonds is 18. The Hall–Kier alpha value is -3.72. The van der Waals surface area contributed by atoms with Crippen LogP contribution in [0.2, 0.25) is 0 Å². The number of unbranched alkanes of at least 4 members (excludes halogenated alkanes) is 7. The van der Waals surface area contributed by atoms with E-state index < -0.39 is 0 Å². The highest BCUT2D eigenvalue weighted by Gasteiger charge is 2.11. The Morgan fingerprint density at radius 3 is 1.95 bits per heavy atom. The van der Waals surface area contributed by atoms with Crippen molar-refractivity contribution in [2.75, 3.05) is 13.2 Å². The first-order valence-corrected chi connectivity index (χ1v) is 14.9. The minimum absolute atomic E-state index is 0.0607. The zero-order valence-corrected chi connectivity index (χ0v) is 24.1. The molecule has 0 radical (unpaired) electrons. The average Bonchev–Trinajstić information content (AvgIpc) is 3.00. The van der Waals surface area contributed by atoms with E-state index in [2.05, 4.69) is 29.9 Å². The van der Waals surface area contributed by atoms with Crippen molar-refractivity contribution < 1.29 is 14.3 Å². The van der Waals surface area contributed by atoms with E-state index in [1.54, 1.807) is 24.5 Å². The van der Waals surface area contributed by atoms with Crippen LogP contribution in [0.5, 0.6) is 5.75 Å². The summed E-state index contributed by atoms with van der Waals surface area (Å²) in [6, 6.07) is 17.7. The third kappa shape index (κ3) is 10.4. The zero-order valence-electron chi connectivity index (χ0n) is 24.1. The maximum atomic E-state index is 12.4. The van der Waals surface area contributed by atoms with E-state index in [0.717, 1.165) is 42.4 Å². The summed E-state index contributed by atoms with van der Waals surface area (Å²) in [5, 5.41) is 9.23. The van der Waals surface area contributed by atoms with Crippen molar-refractivity contribution in [3.05, 3.63) is 66.5 Å². The molecule has 0 aliphatic rings. The van der Waals surface area contributed by atoms with E-state index in [1.165, 1.54) is 38.5 Å². The number of nitriles is 1. The molecule has 0 saturated heterocycles. The Balaban J connectivity index is 1.44. The van der Waals surface area contributed by atoms with E-state index in [4.69, 9.17) is 9.47 Å². The van der Waals surface area contributed by atoms with Gasteiger partial charge in [0.25, 0.3) is 0 Å². The fourth-order valence-electron chi connectivity index (χ4n) is 4.50. The molecule has 6 nitrogen and oxygen atoms in total. The first-order chi connectivity index (χ1) is 19.6. The number of aromatic nitrogens is 2. The number of carbonyl (C=O) groups is 1. The highest BCUT2D eigenvalue weighted by Crippen LogP contribution is 2.24. The average molecular weight is 542 g/mol. The molecule has 0 N–H and O–H groups in total. The largest absolute Gasteiger partial charge is 0.490 e. The number of benzene rings is 2. The van der Waals surface area contributed by atoms with Gasteiger partial charge in [0.15, 0.2) is 11.6 Å². The Bertz CT molecular complexity index is 1170. The van der Waals surface area contributed by atoms with E-state index in [9.17, 15) is 10.1 Å². The predicted octanol–water partition coefficient (Wildman–Crippen LogP) is 8.82. The van der Waals surface area contributed by atoms with Crippen molar-refractivity contribution in [3.63, 3.8) is 0 Å². The van der Waals surface area contributed by atoms with Crippen molar-refractivity contribution in [2.24, 2.45) is 5.92 Å². The van der Waals surface area contributed by atoms with Gasteiger partial charge in [-0.2, -0.15) is 5.26 Å². The van der Waals surface area contributed by atoms with Gasteiger partial charge in [0.2, 0.25) is 0 Å². The first-order valence-electron chi connectivity index (χ1n) is 14.9. The lowest BCUT2D eigenvalue weighted by Gasteiger charge is -2.10. The van der Waals surface area contributed by atoms with Crippen molar-refractivity contribution >= 4 is 5.97 Å². The number of carbonyl (C=O) groups excluding carboxylic acids is 1. The maximum absolute atomic E-state index is 12.4. The molecule has 1 heterocycles. The molecule has 0 saturated carbocycles. The highest BCUT2D eigenvalue weighted by atomic mass is 16.5. The lowest BCUT2D eigenvalue weighted by molar-refractivity contribution is 0.0488. The van der Waals surface area contributed by atoms with Gasteiger partial charge in [-0.1, -0.05) is 102 Å². The number of nitrogens with zero attached hydrogens (tertiary/aromatic N) is 3. The molecule has 3 aromatic rings. The maximum Gasteiger partial charge on any atom is 0.338 e. The van der Waals surface area contributed by atoms with Gasteiger partial charge in [-0.25, -0.2) is 14.8 Å². The van der Waals surface area contributed by atoms with Crippen LogP contribution in [-0.4, -0.2) is 29.2 Å². The Morgan fingerprint density at radius 2 is 1.32 bits per heavy atom. The standard InChI is InChI=1S/C34H43N3O3/c1-3-5-7-8-9-10-11-22-39-32-25-36-33(37-26-32)30-17-13-28(14-18-30)29-15-19-31(20-16-29)34(38)40-23-21-27(24-35)12-6-4-2/h13-20,25-27H,3-12,21-23H2,1-2H3/t27-/m1/s1. The molecule has 1 aromatic heterocycles. The molecule has 40 heavy (non-hydrogen) atoms. The summed E-state index contributed by atoms with van der Waals surface area (Å²) < 4.78 is 11.2. The van der Waals surface area contributed by atoms with Gasteiger partial charge < -0.3 is 9.47 Å². The van der Waals surface area contributed by atoms with E-state index in [0.29, 0.717) is 30.2 Å². The van der Waals surface area contributed by atoms with Crippen LogP contribution in [0.25, 0.3) is 22.5 Å². The Kier molecular flexibility index (Phi) is 13.7. The smallest absolute Gasteiger partial charge is 0.338 e. The molecule has 2 aromatic carbocycles. The molecule has 0 amide bonds. The van der Waals surface area contributed by atoms with Crippen LogP contribution in [0.15, 0.2) is 60.9 Å². The summed E-state index contributed by atoms with van der Waals surface area (Å²) in [5.41, 5.74) is 3.47. The lowest BCUT2D eigenvalue weighted by atomic mass is 10.0. The number of hydrogen-bond acceptors (Lipinski definition) is 6.